The number of hydrogen-bond donors (Lipinski definition) is 1. The van der Waals surface area contributed by atoms with Crippen LogP contribution in [0.25, 0.3) is 0 Å². The molecule has 2 heterocycles. The van der Waals surface area contributed by atoms with Crippen LogP contribution in [0.1, 0.15) is 25.3 Å². The summed E-state index contributed by atoms with van der Waals surface area (Å²) in [6.07, 6.45) is 4.88. The quantitative estimate of drug-likeness (QED) is 0.904. The average Bonchev–Trinajstić information content (AvgIpc) is 3.01. The molecule has 0 unspecified atom stereocenters. The van der Waals surface area contributed by atoms with Crippen LogP contribution < -0.4 is 5.32 Å². The maximum absolute atomic E-state index is 12.4. The monoisotopic (exact) mass is 340 g/mol. The lowest BCUT2D eigenvalue weighted by atomic mass is 9.70. The number of carbonyl (C=O) groups excluding carboxylic acids is 2. The predicted molar refractivity (Wildman–Crippen MR) is 96.3 cm³/mol. The molecule has 0 spiro atoms. The lowest BCUT2D eigenvalue weighted by molar-refractivity contribution is -0.124. The topological polar surface area (TPSA) is 67.2 Å². The van der Waals surface area contributed by atoms with E-state index < -0.39 is 5.41 Å². The molecule has 0 atom stereocenters. The summed E-state index contributed by atoms with van der Waals surface area (Å²) in [5, 5.41) is 6.89. The highest BCUT2D eigenvalue weighted by Gasteiger charge is 2.40. The zero-order valence-corrected chi connectivity index (χ0v) is 14.7. The molecule has 1 fully saturated rings. The van der Waals surface area contributed by atoms with Gasteiger partial charge >= 0.3 is 0 Å². The van der Waals surface area contributed by atoms with E-state index in [2.05, 4.69) is 15.3 Å². The maximum atomic E-state index is 12.4. The molecule has 132 valence electrons. The van der Waals surface area contributed by atoms with Crippen molar-refractivity contribution in [2.75, 3.05) is 25.0 Å². The number of aromatic nitrogens is 2. The Morgan fingerprint density at radius 2 is 1.88 bits per heavy atom. The van der Waals surface area contributed by atoms with Crippen LogP contribution in [0.5, 0.6) is 0 Å². The van der Waals surface area contributed by atoms with Crippen molar-refractivity contribution in [2.24, 2.45) is 7.05 Å². The molecular weight excluding hydrogens is 316 g/mol. The van der Waals surface area contributed by atoms with Gasteiger partial charge in [0.2, 0.25) is 5.91 Å². The minimum absolute atomic E-state index is 0.0527. The fourth-order valence-corrected chi connectivity index (χ4v) is 3.58. The molecular formula is C19H24N4O2. The predicted octanol–water partition coefficient (Wildman–Crippen LogP) is 1.98. The van der Waals surface area contributed by atoms with Gasteiger partial charge in [0.15, 0.2) is 0 Å². The molecule has 6 heteroatoms. The highest BCUT2D eigenvalue weighted by Crippen LogP contribution is 2.36. The van der Waals surface area contributed by atoms with Gasteiger partial charge in [0, 0.05) is 13.2 Å². The number of nitrogens with one attached hydrogen (secondary N) is 1. The molecule has 1 saturated heterocycles. The van der Waals surface area contributed by atoms with Gasteiger partial charge in [-0.05, 0) is 38.4 Å². The number of ketones is 1. The molecule has 2 aromatic rings. The summed E-state index contributed by atoms with van der Waals surface area (Å²) in [4.78, 5) is 26.7. The van der Waals surface area contributed by atoms with Crippen LogP contribution in [0, 0.1) is 0 Å². The van der Waals surface area contributed by atoms with Gasteiger partial charge in [-0.2, -0.15) is 5.10 Å². The van der Waals surface area contributed by atoms with Crippen LogP contribution in [-0.2, 0) is 22.1 Å². The first-order chi connectivity index (χ1) is 12.0. The Morgan fingerprint density at radius 3 is 2.44 bits per heavy atom. The van der Waals surface area contributed by atoms with Crippen molar-refractivity contribution >= 4 is 17.4 Å². The molecule has 1 amide bonds. The summed E-state index contributed by atoms with van der Waals surface area (Å²) in [5.41, 5.74) is 1.37. The summed E-state index contributed by atoms with van der Waals surface area (Å²) in [5.74, 6) is 0.154. The standard InChI is InChI=1S/C19H24N4O2/c1-15(24)19(16-6-4-3-5-7-16)8-10-23(11-9-19)14-18(25)21-17-12-20-22(2)13-17/h3-7,12-13H,8-11,14H2,1-2H3,(H,21,25). The van der Waals surface area contributed by atoms with E-state index in [0.717, 1.165) is 31.5 Å². The van der Waals surface area contributed by atoms with Crippen LogP contribution >= 0.6 is 0 Å². The summed E-state index contributed by atoms with van der Waals surface area (Å²) in [6.45, 7) is 3.47. The number of piperidine rings is 1. The molecule has 0 aliphatic carbocycles. The van der Waals surface area contributed by atoms with Gasteiger partial charge in [-0.15, -0.1) is 0 Å². The molecule has 25 heavy (non-hydrogen) atoms. The molecule has 0 saturated carbocycles. The first-order valence-electron chi connectivity index (χ1n) is 8.57. The Labute approximate surface area is 147 Å². The molecule has 1 aliphatic rings. The number of anilines is 1. The van der Waals surface area contributed by atoms with Gasteiger partial charge in [0.25, 0.3) is 0 Å². The third kappa shape index (κ3) is 3.79. The van der Waals surface area contributed by atoms with Gasteiger partial charge in [-0.3, -0.25) is 19.2 Å². The fourth-order valence-electron chi connectivity index (χ4n) is 3.58. The zero-order valence-electron chi connectivity index (χ0n) is 14.7. The number of nitrogens with zero attached hydrogens (tertiary/aromatic N) is 3. The Hall–Kier alpha value is -2.47. The summed E-state index contributed by atoms with van der Waals surface area (Å²) in [7, 11) is 1.81. The highest BCUT2D eigenvalue weighted by atomic mass is 16.2. The molecule has 1 aliphatic heterocycles. The lowest BCUT2D eigenvalue weighted by Crippen LogP contribution is -2.48. The SMILES string of the molecule is CC(=O)C1(c2ccccc2)CCN(CC(=O)Nc2cnn(C)c2)CC1. The van der Waals surface area contributed by atoms with E-state index in [4.69, 9.17) is 0 Å². The normalized spacial score (nSPS) is 17.2. The van der Waals surface area contributed by atoms with Crippen molar-refractivity contribution < 1.29 is 9.59 Å². The van der Waals surface area contributed by atoms with E-state index in [-0.39, 0.29) is 11.7 Å². The highest BCUT2D eigenvalue weighted by molar-refractivity contribution is 5.92. The van der Waals surface area contributed by atoms with Crippen molar-refractivity contribution in [1.82, 2.24) is 14.7 Å². The van der Waals surface area contributed by atoms with Crippen LogP contribution in [-0.4, -0.2) is 46.0 Å². The lowest BCUT2D eigenvalue weighted by Gasteiger charge is -2.40. The molecule has 3 rings (SSSR count). The largest absolute Gasteiger partial charge is 0.322 e. The molecule has 1 aromatic carbocycles. The number of likely N-dealkylation sites (tertiary alicyclic amines) is 1. The van der Waals surface area contributed by atoms with E-state index in [9.17, 15) is 9.59 Å². The number of benzene rings is 1. The van der Waals surface area contributed by atoms with Crippen molar-refractivity contribution in [2.45, 2.75) is 25.2 Å². The van der Waals surface area contributed by atoms with Gasteiger partial charge in [0.05, 0.1) is 23.8 Å². The molecule has 6 nitrogen and oxygen atoms in total. The number of aryl methyl sites for hydroxylation is 1. The van der Waals surface area contributed by atoms with Crippen LogP contribution in [0.2, 0.25) is 0 Å². The van der Waals surface area contributed by atoms with Crippen molar-refractivity contribution in [3.8, 4) is 0 Å². The Bertz CT molecular complexity index is 746. The number of hydrogen-bond acceptors (Lipinski definition) is 4. The Morgan fingerprint density at radius 1 is 1.20 bits per heavy atom. The minimum Gasteiger partial charge on any atom is -0.322 e. The van der Waals surface area contributed by atoms with Gasteiger partial charge in [0.1, 0.15) is 5.78 Å². The number of Topliss-reactive ketones (excluding diaryl/α,β-unsaturated/α-hetero) is 1. The van der Waals surface area contributed by atoms with E-state index in [1.165, 1.54) is 0 Å². The second kappa shape index (κ2) is 7.19. The van der Waals surface area contributed by atoms with Crippen LogP contribution in [0.15, 0.2) is 42.7 Å². The van der Waals surface area contributed by atoms with Crippen molar-refractivity contribution in [3.63, 3.8) is 0 Å². The third-order valence-corrected chi connectivity index (χ3v) is 5.07. The van der Waals surface area contributed by atoms with Crippen LogP contribution in [0.4, 0.5) is 5.69 Å². The number of carbonyl (C=O) groups is 2. The summed E-state index contributed by atoms with van der Waals surface area (Å²) < 4.78 is 1.65. The van der Waals surface area contributed by atoms with E-state index in [1.807, 2.05) is 37.4 Å². The minimum atomic E-state index is -0.419. The smallest absolute Gasteiger partial charge is 0.238 e. The molecule has 1 aromatic heterocycles. The van der Waals surface area contributed by atoms with Gasteiger partial charge < -0.3 is 5.32 Å². The zero-order chi connectivity index (χ0) is 17.9. The van der Waals surface area contributed by atoms with E-state index in [0.29, 0.717) is 12.2 Å². The second-order valence-corrected chi connectivity index (χ2v) is 6.73. The fraction of sp³-hybridized carbons (Fsp3) is 0.421. The van der Waals surface area contributed by atoms with Crippen molar-refractivity contribution in [1.29, 1.82) is 0 Å². The third-order valence-electron chi connectivity index (χ3n) is 5.07. The van der Waals surface area contributed by atoms with E-state index in [1.54, 1.807) is 24.0 Å². The van der Waals surface area contributed by atoms with Crippen LogP contribution in [0.3, 0.4) is 0 Å². The van der Waals surface area contributed by atoms with Gasteiger partial charge in [-0.25, -0.2) is 0 Å². The summed E-state index contributed by atoms with van der Waals surface area (Å²) >= 11 is 0. The Kier molecular flexibility index (Phi) is 4.99. The van der Waals surface area contributed by atoms with Gasteiger partial charge in [-0.1, -0.05) is 30.3 Å². The molecule has 0 radical (unpaired) electrons. The number of amides is 1. The average molecular weight is 340 g/mol. The number of rotatable bonds is 5. The van der Waals surface area contributed by atoms with E-state index >= 15 is 0 Å². The molecule has 1 N–H and O–H groups in total. The first-order valence-corrected chi connectivity index (χ1v) is 8.57. The first kappa shape index (κ1) is 17.4. The second-order valence-electron chi connectivity index (χ2n) is 6.73. The maximum Gasteiger partial charge on any atom is 0.238 e. The summed E-state index contributed by atoms with van der Waals surface area (Å²) in [6, 6.07) is 10.00. The molecule has 0 bridgehead atoms. The Balaban J connectivity index is 1.60. The van der Waals surface area contributed by atoms with Crippen molar-refractivity contribution in [3.05, 3.63) is 48.3 Å².